The lowest BCUT2D eigenvalue weighted by Crippen LogP contribution is -2.25. The fourth-order valence-electron chi connectivity index (χ4n) is 2.15. The topological polar surface area (TPSA) is 50.7 Å². The van der Waals surface area contributed by atoms with E-state index in [1.807, 2.05) is 61.5 Å². The summed E-state index contributed by atoms with van der Waals surface area (Å²) in [6.07, 6.45) is 0. The molecule has 0 saturated heterocycles. The highest BCUT2D eigenvalue weighted by atomic mass is 16.5. The average molecular weight is 310 g/mol. The third kappa shape index (κ3) is 4.95. The first-order valence-electron chi connectivity index (χ1n) is 7.68. The SMILES string of the molecule is C/C(=N\NC(=O)COc1ccccc1C(C)C)c1ccccc1. The Kier molecular flexibility index (Phi) is 5.92. The third-order valence-corrected chi connectivity index (χ3v) is 3.44. The molecule has 0 radical (unpaired) electrons. The smallest absolute Gasteiger partial charge is 0.277 e. The number of carbonyl (C=O) groups is 1. The maximum absolute atomic E-state index is 11.9. The van der Waals surface area contributed by atoms with Crippen molar-refractivity contribution in [2.75, 3.05) is 6.61 Å². The second-order valence-corrected chi connectivity index (χ2v) is 5.58. The predicted molar refractivity (Wildman–Crippen MR) is 92.8 cm³/mol. The molecule has 2 aromatic carbocycles. The summed E-state index contributed by atoms with van der Waals surface area (Å²) in [5.41, 5.74) is 5.33. The van der Waals surface area contributed by atoms with Gasteiger partial charge in [0, 0.05) is 0 Å². The highest BCUT2D eigenvalue weighted by Gasteiger charge is 2.09. The van der Waals surface area contributed by atoms with E-state index in [1.165, 1.54) is 0 Å². The summed E-state index contributed by atoms with van der Waals surface area (Å²) in [5, 5.41) is 4.10. The van der Waals surface area contributed by atoms with Crippen molar-refractivity contribution in [3.63, 3.8) is 0 Å². The van der Waals surface area contributed by atoms with E-state index >= 15 is 0 Å². The quantitative estimate of drug-likeness (QED) is 0.653. The minimum absolute atomic E-state index is 0.0602. The van der Waals surface area contributed by atoms with Crippen molar-refractivity contribution in [2.24, 2.45) is 5.10 Å². The van der Waals surface area contributed by atoms with E-state index in [0.717, 1.165) is 22.6 Å². The minimum Gasteiger partial charge on any atom is -0.483 e. The summed E-state index contributed by atoms with van der Waals surface area (Å²) in [7, 11) is 0. The van der Waals surface area contributed by atoms with Gasteiger partial charge in [-0.05, 0) is 30.0 Å². The van der Waals surface area contributed by atoms with Crippen LogP contribution in [0.15, 0.2) is 59.7 Å². The number of nitrogens with one attached hydrogen (secondary N) is 1. The Morgan fingerprint density at radius 1 is 1.09 bits per heavy atom. The molecule has 0 aromatic heterocycles. The van der Waals surface area contributed by atoms with E-state index in [1.54, 1.807) is 0 Å². The van der Waals surface area contributed by atoms with Crippen molar-refractivity contribution in [1.29, 1.82) is 0 Å². The van der Waals surface area contributed by atoms with Gasteiger partial charge in [-0.25, -0.2) is 5.43 Å². The lowest BCUT2D eigenvalue weighted by atomic mass is 10.0. The first-order valence-corrected chi connectivity index (χ1v) is 7.68. The third-order valence-electron chi connectivity index (χ3n) is 3.44. The minimum atomic E-state index is -0.279. The summed E-state index contributed by atoms with van der Waals surface area (Å²) >= 11 is 0. The van der Waals surface area contributed by atoms with Gasteiger partial charge in [0.1, 0.15) is 5.75 Å². The van der Waals surface area contributed by atoms with Crippen LogP contribution in [0.2, 0.25) is 0 Å². The molecule has 0 spiro atoms. The Labute approximate surface area is 137 Å². The van der Waals surface area contributed by atoms with Gasteiger partial charge in [-0.15, -0.1) is 0 Å². The summed E-state index contributed by atoms with van der Waals surface area (Å²) in [4.78, 5) is 11.9. The van der Waals surface area contributed by atoms with Gasteiger partial charge in [0.05, 0.1) is 5.71 Å². The van der Waals surface area contributed by atoms with Crippen LogP contribution >= 0.6 is 0 Å². The van der Waals surface area contributed by atoms with Gasteiger partial charge in [0.2, 0.25) is 0 Å². The highest BCUT2D eigenvalue weighted by Crippen LogP contribution is 2.25. The molecule has 4 heteroatoms. The first kappa shape index (κ1) is 16.7. The molecule has 0 aliphatic carbocycles. The number of hydrogen-bond donors (Lipinski definition) is 1. The summed E-state index contributed by atoms with van der Waals surface area (Å²) in [6, 6.07) is 17.4. The zero-order chi connectivity index (χ0) is 16.7. The summed E-state index contributed by atoms with van der Waals surface area (Å²) < 4.78 is 5.62. The Balaban J connectivity index is 1.91. The van der Waals surface area contributed by atoms with Crippen LogP contribution in [-0.4, -0.2) is 18.2 Å². The number of nitrogens with zero attached hydrogens (tertiary/aromatic N) is 1. The Morgan fingerprint density at radius 3 is 2.43 bits per heavy atom. The van der Waals surface area contributed by atoms with Crippen molar-refractivity contribution < 1.29 is 9.53 Å². The predicted octanol–water partition coefficient (Wildman–Crippen LogP) is 3.73. The number of ether oxygens (including phenoxy) is 1. The second kappa shape index (κ2) is 8.13. The van der Waals surface area contributed by atoms with E-state index < -0.39 is 0 Å². The van der Waals surface area contributed by atoms with E-state index in [2.05, 4.69) is 24.4 Å². The Hall–Kier alpha value is -2.62. The average Bonchev–Trinajstić information content (AvgIpc) is 2.58. The first-order chi connectivity index (χ1) is 11.1. The maximum atomic E-state index is 11.9. The molecule has 0 saturated carbocycles. The molecule has 0 bridgehead atoms. The fourth-order valence-corrected chi connectivity index (χ4v) is 2.15. The van der Waals surface area contributed by atoms with Crippen molar-refractivity contribution >= 4 is 11.6 Å². The number of rotatable bonds is 6. The molecule has 0 atom stereocenters. The molecule has 0 aliphatic rings. The molecule has 0 aliphatic heterocycles. The Bertz CT molecular complexity index is 679. The van der Waals surface area contributed by atoms with Crippen molar-refractivity contribution in [1.82, 2.24) is 5.43 Å². The van der Waals surface area contributed by atoms with Crippen LogP contribution in [0.3, 0.4) is 0 Å². The summed E-state index contributed by atoms with van der Waals surface area (Å²) in [5.74, 6) is 0.799. The van der Waals surface area contributed by atoms with Crippen molar-refractivity contribution in [3.05, 3.63) is 65.7 Å². The second-order valence-electron chi connectivity index (χ2n) is 5.58. The number of hydrogen-bond acceptors (Lipinski definition) is 3. The molecular formula is C19H22N2O2. The van der Waals surface area contributed by atoms with Crippen LogP contribution < -0.4 is 10.2 Å². The van der Waals surface area contributed by atoms with Crippen LogP contribution in [0.1, 0.15) is 37.8 Å². The highest BCUT2D eigenvalue weighted by molar-refractivity contribution is 5.99. The van der Waals surface area contributed by atoms with Gasteiger partial charge in [0.25, 0.3) is 5.91 Å². The zero-order valence-corrected chi connectivity index (χ0v) is 13.7. The molecule has 0 unspecified atom stereocenters. The van der Waals surface area contributed by atoms with Crippen LogP contribution in [0.25, 0.3) is 0 Å². The number of para-hydroxylation sites is 1. The molecule has 2 aromatic rings. The molecule has 120 valence electrons. The van der Waals surface area contributed by atoms with Crippen molar-refractivity contribution in [3.8, 4) is 5.75 Å². The number of carbonyl (C=O) groups excluding carboxylic acids is 1. The van der Waals surface area contributed by atoms with E-state index in [4.69, 9.17) is 4.74 Å². The van der Waals surface area contributed by atoms with Gasteiger partial charge >= 0.3 is 0 Å². The van der Waals surface area contributed by atoms with Crippen LogP contribution in [0.5, 0.6) is 5.75 Å². The summed E-state index contributed by atoms with van der Waals surface area (Å²) in [6.45, 7) is 5.98. The molecule has 2 rings (SSSR count). The van der Waals surface area contributed by atoms with Gasteiger partial charge in [-0.2, -0.15) is 5.10 Å². The van der Waals surface area contributed by atoms with Gasteiger partial charge in [-0.1, -0.05) is 62.4 Å². The standard InChI is InChI=1S/C19H22N2O2/c1-14(2)17-11-7-8-12-18(17)23-13-19(22)21-20-15(3)16-9-5-4-6-10-16/h4-12,14H,13H2,1-3H3,(H,21,22)/b20-15+. The number of benzene rings is 2. The van der Waals surface area contributed by atoms with Gasteiger partial charge in [0.15, 0.2) is 6.61 Å². The lowest BCUT2D eigenvalue weighted by molar-refractivity contribution is -0.123. The normalized spacial score (nSPS) is 11.4. The zero-order valence-electron chi connectivity index (χ0n) is 13.7. The molecule has 0 fully saturated rings. The maximum Gasteiger partial charge on any atom is 0.277 e. The fraction of sp³-hybridized carbons (Fsp3) is 0.263. The van der Waals surface area contributed by atoms with E-state index in [-0.39, 0.29) is 12.5 Å². The van der Waals surface area contributed by atoms with Crippen LogP contribution in [0.4, 0.5) is 0 Å². The molecular weight excluding hydrogens is 288 g/mol. The molecule has 1 amide bonds. The Morgan fingerprint density at radius 2 is 1.74 bits per heavy atom. The van der Waals surface area contributed by atoms with Crippen LogP contribution in [0, 0.1) is 0 Å². The lowest BCUT2D eigenvalue weighted by Gasteiger charge is -2.13. The molecule has 4 nitrogen and oxygen atoms in total. The van der Waals surface area contributed by atoms with Crippen LogP contribution in [-0.2, 0) is 4.79 Å². The monoisotopic (exact) mass is 310 g/mol. The molecule has 0 heterocycles. The molecule has 1 N–H and O–H groups in total. The largest absolute Gasteiger partial charge is 0.483 e. The van der Waals surface area contributed by atoms with E-state index in [0.29, 0.717) is 5.92 Å². The van der Waals surface area contributed by atoms with Crippen molar-refractivity contribution in [2.45, 2.75) is 26.7 Å². The molecule has 23 heavy (non-hydrogen) atoms. The van der Waals surface area contributed by atoms with Gasteiger partial charge < -0.3 is 4.74 Å². The van der Waals surface area contributed by atoms with Gasteiger partial charge in [-0.3, -0.25) is 4.79 Å². The van der Waals surface area contributed by atoms with E-state index in [9.17, 15) is 4.79 Å². The number of amides is 1. The number of hydrazone groups is 1.